The summed E-state index contributed by atoms with van der Waals surface area (Å²) in [6.45, 7) is 4.27. The molecule has 0 fully saturated rings. The Morgan fingerprint density at radius 3 is 2.70 bits per heavy atom. The van der Waals surface area contributed by atoms with Crippen LogP contribution in [0.25, 0.3) is 0 Å². The highest BCUT2D eigenvalue weighted by atomic mass is 35.5. The van der Waals surface area contributed by atoms with Gasteiger partial charge in [0.1, 0.15) is 4.90 Å². The van der Waals surface area contributed by atoms with Crippen molar-refractivity contribution >= 4 is 27.7 Å². The van der Waals surface area contributed by atoms with Gasteiger partial charge in [0.25, 0.3) is 0 Å². The van der Waals surface area contributed by atoms with Gasteiger partial charge in [0.15, 0.2) is 0 Å². The minimum atomic E-state index is -4.12. The Labute approximate surface area is 124 Å². The van der Waals surface area contributed by atoms with E-state index in [2.05, 4.69) is 9.50 Å². The van der Waals surface area contributed by atoms with E-state index in [1.165, 1.54) is 12.1 Å². The molecule has 5 nitrogen and oxygen atoms in total. The Balaban J connectivity index is 2.65. The van der Waals surface area contributed by atoms with Crippen molar-refractivity contribution in [3.8, 4) is 0 Å². The van der Waals surface area contributed by atoms with Gasteiger partial charge in [-0.25, -0.2) is 4.79 Å². The third-order valence-electron chi connectivity index (χ3n) is 2.61. The average molecular weight is 320 g/mol. The number of hydrogen-bond acceptors (Lipinski definition) is 5. The van der Waals surface area contributed by atoms with Crippen LogP contribution in [-0.2, 0) is 19.1 Å². The van der Waals surface area contributed by atoms with Crippen LogP contribution in [0.3, 0.4) is 0 Å². The molecule has 0 aliphatic heterocycles. The molecule has 1 N–H and O–H groups in total. The molecule has 112 valence electrons. The molecular formula is C13H18ClNO4S. The Morgan fingerprint density at radius 1 is 1.40 bits per heavy atom. The van der Waals surface area contributed by atoms with Crippen LogP contribution in [0.15, 0.2) is 23.1 Å². The zero-order chi connectivity index (χ0) is 15.2. The van der Waals surface area contributed by atoms with Gasteiger partial charge in [-0.05, 0) is 37.6 Å². The standard InChI is InChI=1S/C13H18ClNO4S/c1-3-4-7-15-9-13(16)19-20(17,18)11-6-5-10(2)12(14)8-11/h5-6,8,15H,3-4,7,9H2,1-2H3. The molecule has 0 unspecified atom stereocenters. The zero-order valence-corrected chi connectivity index (χ0v) is 13.1. The lowest BCUT2D eigenvalue weighted by Crippen LogP contribution is -2.27. The Bertz CT molecular complexity index is 572. The molecule has 0 amide bonds. The topological polar surface area (TPSA) is 72.5 Å². The van der Waals surface area contributed by atoms with Crippen molar-refractivity contribution in [1.82, 2.24) is 5.32 Å². The first-order valence-electron chi connectivity index (χ1n) is 6.31. The quantitative estimate of drug-likeness (QED) is 0.616. The summed E-state index contributed by atoms with van der Waals surface area (Å²) in [6.07, 6.45) is 1.90. The minimum absolute atomic E-state index is 0.130. The second-order valence-corrected chi connectivity index (χ2v) is 6.30. The van der Waals surface area contributed by atoms with E-state index in [9.17, 15) is 13.2 Å². The van der Waals surface area contributed by atoms with E-state index < -0.39 is 16.1 Å². The number of hydrogen-bond donors (Lipinski definition) is 1. The van der Waals surface area contributed by atoms with Gasteiger partial charge in [-0.3, -0.25) is 0 Å². The number of unbranched alkanes of at least 4 members (excludes halogenated alkanes) is 1. The monoisotopic (exact) mass is 319 g/mol. The smallest absolute Gasteiger partial charge is 0.341 e. The van der Waals surface area contributed by atoms with Crippen LogP contribution < -0.4 is 5.32 Å². The molecule has 0 aliphatic carbocycles. The van der Waals surface area contributed by atoms with E-state index in [1.54, 1.807) is 13.0 Å². The van der Waals surface area contributed by atoms with Gasteiger partial charge in [0, 0.05) is 5.02 Å². The first-order valence-corrected chi connectivity index (χ1v) is 8.09. The van der Waals surface area contributed by atoms with Crippen molar-refractivity contribution in [2.75, 3.05) is 13.1 Å². The fourth-order valence-corrected chi connectivity index (χ4v) is 2.56. The van der Waals surface area contributed by atoms with E-state index in [0.29, 0.717) is 11.6 Å². The van der Waals surface area contributed by atoms with Crippen molar-refractivity contribution in [2.45, 2.75) is 31.6 Å². The van der Waals surface area contributed by atoms with E-state index in [1.807, 2.05) is 6.92 Å². The summed E-state index contributed by atoms with van der Waals surface area (Å²) in [4.78, 5) is 11.3. The molecule has 7 heteroatoms. The van der Waals surface area contributed by atoms with Crippen LogP contribution in [0.2, 0.25) is 5.02 Å². The molecule has 0 bridgehead atoms. The summed E-state index contributed by atoms with van der Waals surface area (Å²) in [7, 11) is -4.12. The maximum absolute atomic E-state index is 11.9. The van der Waals surface area contributed by atoms with E-state index in [0.717, 1.165) is 18.4 Å². The molecule has 1 aromatic carbocycles. The van der Waals surface area contributed by atoms with Gasteiger partial charge in [-0.2, -0.15) is 8.42 Å². The molecule has 0 saturated heterocycles. The summed E-state index contributed by atoms with van der Waals surface area (Å²) in [6, 6.07) is 4.18. The molecular weight excluding hydrogens is 302 g/mol. The SMILES string of the molecule is CCCCNCC(=O)OS(=O)(=O)c1ccc(C)c(Cl)c1. The normalized spacial score (nSPS) is 11.3. The highest BCUT2D eigenvalue weighted by molar-refractivity contribution is 7.87. The maximum Gasteiger partial charge on any atom is 0.341 e. The largest absolute Gasteiger partial charge is 0.341 e. The van der Waals surface area contributed by atoms with Gasteiger partial charge < -0.3 is 9.50 Å². The van der Waals surface area contributed by atoms with Crippen LogP contribution in [0.4, 0.5) is 0 Å². The molecule has 0 spiro atoms. The number of halogens is 1. The van der Waals surface area contributed by atoms with Crippen molar-refractivity contribution in [3.05, 3.63) is 28.8 Å². The third kappa shape index (κ3) is 5.11. The lowest BCUT2D eigenvalue weighted by molar-refractivity contribution is -0.132. The zero-order valence-electron chi connectivity index (χ0n) is 11.5. The highest BCUT2D eigenvalue weighted by Gasteiger charge is 2.20. The minimum Gasteiger partial charge on any atom is -0.341 e. The summed E-state index contributed by atoms with van der Waals surface area (Å²) in [5.41, 5.74) is 0.748. The van der Waals surface area contributed by atoms with Gasteiger partial charge in [-0.1, -0.05) is 31.0 Å². The lowest BCUT2D eigenvalue weighted by Gasteiger charge is -2.07. The molecule has 1 aromatic rings. The van der Waals surface area contributed by atoms with Crippen molar-refractivity contribution in [2.24, 2.45) is 0 Å². The average Bonchev–Trinajstić information content (AvgIpc) is 2.37. The van der Waals surface area contributed by atoms with Crippen molar-refractivity contribution in [1.29, 1.82) is 0 Å². The fraction of sp³-hybridized carbons (Fsp3) is 0.462. The molecule has 0 aromatic heterocycles. The summed E-state index contributed by atoms with van der Waals surface area (Å²) >= 11 is 5.86. The van der Waals surface area contributed by atoms with Gasteiger partial charge in [-0.15, -0.1) is 0 Å². The third-order valence-corrected chi connectivity index (χ3v) is 4.25. The van der Waals surface area contributed by atoms with Crippen LogP contribution in [0.1, 0.15) is 25.3 Å². The molecule has 20 heavy (non-hydrogen) atoms. The molecule has 0 atom stereocenters. The fourth-order valence-electron chi connectivity index (χ4n) is 1.42. The lowest BCUT2D eigenvalue weighted by atomic mass is 10.2. The van der Waals surface area contributed by atoms with Crippen LogP contribution >= 0.6 is 11.6 Å². The van der Waals surface area contributed by atoms with Crippen molar-refractivity contribution in [3.63, 3.8) is 0 Å². The maximum atomic E-state index is 11.9. The first kappa shape index (κ1) is 16.9. The predicted molar refractivity (Wildman–Crippen MR) is 77.2 cm³/mol. The number of aryl methyl sites for hydroxylation is 1. The summed E-state index contributed by atoms with van der Waals surface area (Å²) in [5.74, 6) is -0.835. The molecule has 0 aliphatic rings. The van der Waals surface area contributed by atoms with Crippen molar-refractivity contribution < 1.29 is 17.4 Å². The first-order chi connectivity index (χ1) is 9.36. The number of nitrogens with one attached hydrogen (secondary N) is 1. The molecule has 1 rings (SSSR count). The Hall–Kier alpha value is -1.11. The Morgan fingerprint density at radius 2 is 2.10 bits per heavy atom. The van der Waals surface area contributed by atoms with E-state index in [4.69, 9.17) is 11.6 Å². The van der Waals surface area contributed by atoms with Crippen LogP contribution in [-0.4, -0.2) is 27.5 Å². The molecule has 0 saturated carbocycles. The second kappa shape index (κ2) is 7.61. The highest BCUT2D eigenvalue weighted by Crippen LogP contribution is 2.21. The number of benzene rings is 1. The summed E-state index contributed by atoms with van der Waals surface area (Å²) < 4.78 is 28.2. The van der Waals surface area contributed by atoms with Gasteiger partial charge in [0.2, 0.25) is 0 Å². The van der Waals surface area contributed by atoms with Crippen LogP contribution in [0.5, 0.6) is 0 Å². The second-order valence-electron chi connectivity index (χ2n) is 4.35. The number of rotatable bonds is 7. The van der Waals surface area contributed by atoms with Gasteiger partial charge >= 0.3 is 16.1 Å². The predicted octanol–water partition coefficient (Wildman–Crippen LogP) is 2.27. The Kier molecular flexibility index (Phi) is 6.45. The van der Waals surface area contributed by atoms with Gasteiger partial charge in [0.05, 0.1) is 6.54 Å². The van der Waals surface area contributed by atoms with E-state index in [-0.39, 0.29) is 11.4 Å². The number of carbonyl (C=O) groups is 1. The number of carbonyl (C=O) groups excluding carboxylic acids is 1. The van der Waals surface area contributed by atoms with Crippen LogP contribution in [0, 0.1) is 6.92 Å². The molecule has 0 radical (unpaired) electrons. The summed E-state index contributed by atoms with van der Waals surface area (Å²) in [5, 5.41) is 3.12. The molecule has 0 heterocycles. The van der Waals surface area contributed by atoms with E-state index >= 15 is 0 Å².